The van der Waals surface area contributed by atoms with Crippen LogP contribution in [0.5, 0.6) is 0 Å². The molecule has 4 heteroatoms. The summed E-state index contributed by atoms with van der Waals surface area (Å²) in [6, 6.07) is 0. The number of nitrogens with zero attached hydrogens (tertiary/aromatic N) is 3. The molecule has 0 amide bonds. The largest absolute Gasteiger partial charge is 0.356 e. The Hall–Kier alpha value is -1.09. The predicted octanol–water partition coefficient (Wildman–Crippen LogP) is 3.40. The summed E-state index contributed by atoms with van der Waals surface area (Å²) in [5.41, 5.74) is 1.10. The molecule has 1 aliphatic carbocycles. The Morgan fingerprint density at radius 1 is 1.21 bits per heavy atom. The summed E-state index contributed by atoms with van der Waals surface area (Å²) >= 11 is 6.28. The predicted molar refractivity (Wildman–Crippen MR) is 78.7 cm³/mol. The Labute approximate surface area is 119 Å². The van der Waals surface area contributed by atoms with Gasteiger partial charge >= 0.3 is 0 Å². The van der Waals surface area contributed by atoms with Gasteiger partial charge < -0.3 is 4.90 Å². The second kappa shape index (κ2) is 5.12. The van der Waals surface area contributed by atoms with E-state index in [0.29, 0.717) is 5.15 Å². The first kappa shape index (κ1) is 12.9. The molecule has 19 heavy (non-hydrogen) atoms. The molecule has 2 atom stereocenters. The average Bonchev–Trinajstić information content (AvgIpc) is 2.81. The van der Waals surface area contributed by atoms with Crippen molar-refractivity contribution in [2.45, 2.75) is 33.1 Å². The molecule has 102 valence electrons. The van der Waals surface area contributed by atoms with Crippen LogP contribution in [0.2, 0.25) is 5.15 Å². The monoisotopic (exact) mass is 277 g/mol. The third-order valence-electron chi connectivity index (χ3n) is 4.32. The van der Waals surface area contributed by atoms with Crippen LogP contribution in [-0.4, -0.2) is 23.1 Å². The van der Waals surface area contributed by atoms with Crippen molar-refractivity contribution in [1.82, 2.24) is 9.97 Å². The fourth-order valence-electron chi connectivity index (χ4n) is 3.30. The van der Waals surface area contributed by atoms with E-state index in [9.17, 15) is 0 Å². The van der Waals surface area contributed by atoms with E-state index in [4.69, 9.17) is 11.6 Å². The highest BCUT2D eigenvalue weighted by atomic mass is 35.5. The Morgan fingerprint density at radius 3 is 2.42 bits per heavy atom. The zero-order valence-corrected chi connectivity index (χ0v) is 12.3. The van der Waals surface area contributed by atoms with Crippen molar-refractivity contribution in [2.75, 3.05) is 18.0 Å². The van der Waals surface area contributed by atoms with Crippen LogP contribution >= 0.6 is 11.6 Å². The fraction of sp³-hybridized carbons (Fsp3) is 0.600. The highest BCUT2D eigenvalue weighted by Crippen LogP contribution is 2.36. The lowest BCUT2D eigenvalue weighted by atomic mass is 9.86. The molecule has 2 unspecified atom stereocenters. The minimum Gasteiger partial charge on any atom is -0.356 e. The number of hydrogen-bond acceptors (Lipinski definition) is 3. The van der Waals surface area contributed by atoms with Gasteiger partial charge in [-0.3, -0.25) is 0 Å². The van der Waals surface area contributed by atoms with Gasteiger partial charge in [-0.1, -0.05) is 30.7 Å². The van der Waals surface area contributed by atoms with Gasteiger partial charge in [0.2, 0.25) is 0 Å². The van der Waals surface area contributed by atoms with E-state index in [-0.39, 0.29) is 0 Å². The normalized spacial score (nSPS) is 25.7. The maximum atomic E-state index is 6.28. The Morgan fingerprint density at radius 2 is 1.84 bits per heavy atom. The van der Waals surface area contributed by atoms with Gasteiger partial charge in [-0.05, 0) is 38.0 Å². The molecular weight excluding hydrogens is 258 g/mol. The number of anilines is 1. The van der Waals surface area contributed by atoms with E-state index < -0.39 is 0 Å². The summed E-state index contributed by atoms with van der Waals surface area (Å²) in [5.74, 6) is 3.40. The highest BCUT2D eigenvalue weighted by molar-refractivity contribution is 6.30. The number of aryl methyl sites for hydroxylation is 1. The van der Waals surface area contributed by atoms with Crippen molar-refractivity contribution in [3.05, 3.63) is 28.7 Å². The standard InChI is InChI=1S/C15H20ClN3/c1-3-13-14(16)17-10(2)18-15(13)19-8-11-6-4-5-7-12(11)9-19/h4-5,11-12H,3,6-9H2,1-2H3. The van der Waals surface area contributed by atoms with Crippen LogP contribution in [0.15, 0.2) is 12.2 Å². The van der Waals surface area contributed by atoms with Gasteiger partial charge in [-0.2, -0.15) is 0 Å². The third kappa shape index (κ3) is 2.36. The molecule has 1 saturated heterocycles. The lowest BCUT2D eigenvalue weighted by Crippen LogP contribution is -2.23. The van der Waals surface area contributed by atoms with Crippen molar-refractivity contribution >= 4 is 17.4 Å². The van der Waals surface area contributed by atoms with Crippen LogP contribution in [0, 0.1) is 18.8 Å². The van der Waals surface area contributed by atoms with Gasteiger partial charge in [0.15, 0.2) is 0 Å². The van der Waals surface area contributed by atoms with Crippen LogP contribution in [0.4, 0.5) is 5.82 Å². The third-order valence-corrected chi connectivity index (χ3v) is 4.63. The van der Waals surface area contributed by atoms with Gasteiger partial charge in [-0.25, -0.2) is 9.97 Å². The van der Waals surface area contributed by atoms with Crippen molar-refractivity contribution in [1.29, 1.82) is 0 Å². The van der Waals surface area contributed by atoms with Crippen molar-refractivity contribution in [2.24, 2.45) is 11.8 Å². The van der Waals surface area contributed by atoms with Gasteiger partial charge in [0.1, 0.15) is 16.8 Å². The van der Waals surface area contributed by atoms with E-state index in [2.05, 4.69) is 33.9 Å². The number of halogens is 1. The van der Waals surface area contributed by atoms with Gasteiger partial charge in [0.05, 0.1) is 0 Å². The zero-order valence-electron chi connectivity index (χ0n) is 11.6. The minimum atomic E-state index is 0.623. The molecule has 1 aromatic heterocycles. The summed E-state index contributed by atoms with van der Waals surface area (Å²) in [5, 5.41) is 0.623. The van der Waals surface area contributed by atoms with E-state index in [0.717, 1.165) is 48.6 Å². The second-order valence-corrected chi connectivity index (χ2v) is 5.94. The van der Waals surface area contributed by atoms with Crippen molar-refractivity contribution in [3.63, 3.8) is 0 Å². The molecule has 0 spiro atoms. The molecule has 3 nitrogen and oxygen atoms in total. The van der Waals surface area contributed by atoms with Crippen LogP contribution in [0.3, 0.4) is 0 Å². The van der Waals surface area contributed by atoms with Gasteiger partial charge in [0.25, 0.3) is 0 Å². The lowest BCUT2D eigenvalue weighted by molar-refractivity contribution is 0.411. The molecule has 2 heterocycles. The molecule has 0 saturated carbocycles. The quantitative estimate of drug-likeness (QED) is 0.613. The molecule has 0 radical (unpaired) electrons. The maximum Gasteiger partial charge on any atom is 0.138 e. The first-order valence-electron chi connectivity index (χ1n) is 7.12. The lowest BCUT2D eigenvalue weighted by Gasteiger charge is -2.21. The number of allylic oxidation sites excluding steroid dienone is 2. The molecule has 1 aliphatic heterocycles. The second-order valence-electron chi connectivity index (χ2n) is 5.59. The van der Waals surface area contributed by atoms with Crippen LogP contribution < -0.4 is 4.90 Å². The SMILES string of the molecule is CCc1c(Cl)nc(C)nc1N1CC2CC=CCC2C1. The molecular formula is C15H20ClN3. The summed E-state index contributed by atoms with van der Waals surface area (Å²) in [4.78, 5) is 11.4. The molecule has 0 aromatic carbocycles. The molecule has 1 fully saturated rings. The number of fused-ring (bicyclic) bond motifs is 1. The number of hydrogen-bond donors (Lipinski definition) is 0. The van der Waals surface area contributed by atoms with E-state index >= 15 is 0 Å². The van der Waals surface area contributed by atoms with E-state index in [1.807, 2.05) is 6.92 Å². The van der Waals surface area contributed by atoms with Crippen molar-refractivity contribution in [3.8, 4) is 0 Å². The molecule has 0 N–H and O–H groups in total. The summed E-state index contributed by atoms with van der Waals surface area (Å²) < 4.78 is 0. The van der Waals surface area contributed by atoms with Gasteiger partial charge in [-0.15, -0.1) is 0 Å². The Bertz CT molecular complexity index is 496. The number of aromatic nitrogens is 2. The Balaban J connectivity index is 1.91. The summed E-state index contributed by atoms with van der Waals surface area (Å²) in [6.45, 7) is 6.25. The van der Waals surface area contributed by atoms with Crippen LogP contribution in [0.25, 0.3) is 0 Å². The van der Waals surface area contributed by atoms with E-state index in [1.54, 1.807) is 0 Å². The first-order valence-corrected chi connectivity index (χ1v) is 7.49. The van der Waals surface area contributed by atoms with Gasteiger partial charge in [0, 0.05) is 18.7 Å². The topological polar surface area (TPSA) is 29.0 Å². The first-order chi connectivity index (χ1) is 9.19. The molecule has 1 aromatic rings. The van der Waals surface area contributed by atoms with Crippen molar-refractivity contribution < 1.29 is 0 Å². The smallest absolute Gasteiger partial charge is 0.138 e. The number of rotatable bonds is 2. The maximum absolute atomic E-state index is 6.28. The average molecular weight is 278 g/mol. The van der Waals surface area contributed by atoms with Crippen LogP contribution in [0.1, 0.15) is 31.2 Å². The minimum absolute atomic E-state index is 0.623. The fourth-order valence-corrected chi connectivity index (χ4v) is 3.64. The Kier molecular flexibility index (Phi) is 3.48. The molecule has 2 aliphatic rings. The summed E-state index contributed by atoms with van der Waals surface area (Å²) in [6.07, 6.45) is 7.95. The van der Waals surface area contributed by atoms with Crippen LogP contribution in [-0.2, 0) is 6.42 Å². The zero-order chi connectivity index (χ0) is 13.4. The summed E-state index contributed by atoms with van der Waals surface area (Å²) in [7, 11) is 0. The molecule has 3 rings (SSSR count). The highest BCUT2D eigenvalue weighted by Gasteiger charge is 2.34. The molecule has 0 bridgehead atoms. The van der Waals surface area contributed by atoms with E-state index in [1.165, 1.54) is 12.8 Å².